The van der Waals surface area contributed by atoms with E-state index in [0.29, 0.717) is 47.5 Å². The van der Waals surface area contributed by atoms with Crippen LogP contribution in [-0.4, -0.2) is 45.0 Å². The Balaban J connectivity index is 1.27. The molecule has 36 heavy (non-hydrogen) atoms. The van der Waals surface area contributed by atoms with Crippen molar-refractivity contribution in [1.29, 1.82) is 5.26 Å². The zero-order chi connectivity index (χ0) is 25.4. The summed E-state index contributed by atoms with van der Waals surface area (Å²) in [6, 6.07) is 7.78. The van der Waals surface area contributed by atoms with Gasteiger partial charge in [0.05, 0.1) is 41.5 Å². The van der Waals surface area contributed by atoms with Crippen LogP contribution in [0.25, 0.3) is 11.0 Å². The minimum absolute atomic E-state index is 0.0647. The molecule has 1 fully saturated rings. The third-order valence-corrected chi connectivity index (χ3v) is 5.79. The number of hydrogen-bond acceptors (Lipinski definition) is 7. The van der Waals surface area contributed by atoms with Crippen LogP contribution >= 0.6 is 0 Å². The van der Waals surface area contributed by atoms with E-state index < -0.39 is 17.6 Å². The molecule has 0 saturated carbocycles. The first-order valence-corrected chi connectivity index (χ1v) is 10.8. The number of aryl methyl sites for hydroxylation is 1. The molecule has 0 spiro atoms. The van der Waals surface area contributed by atoms with Crippen molar-refractivity contribution in [1.82, 2.24) is 19.9 Å². The number of amides is 1. The van der Waals surface area contributed by atoms with E-state index in [2.05, 4.69) is 31.3 Å². The highest BCUT2D eigenvalue weighted by atomic mass is 19.4. The standard InChI is InChI=1S/C24H18F3N7O2/c1-13-2-3-14(23(35)33-17-5-16(8-29-9-17)24(25,26)27)4-19(13)36-18-10-34(11-18)22-20-15(6-28)7-30-21(20)31-12-32-22/h2-5,7-9,12,18H,10-11H2,1H3,(H,33,35)(H,30,31,32). The number of alkyl halides is 3. The molecule has 182 valence electrons. The largest absolute Gasteiger partial charge is 0.486 e. The molecule has 0 atom stereocenters. The smallest absolute Gasteiger partial charge is 0.417 e. The number of nitriles is 1. The van der Waals surface area contributed by atoms with Crippen LogP contribution in [0, 0.1) is 18.3 Å². The molecule has 9 nitrogen and oxygen atoms in total. The predicted octanol–water partition coefficient (Wildman–Crippen LogP) is 4.07. The van der Waals surface area contributed by atoms with Crippen LogP contribution in [0.3, 0.4) is 0 Å². The molecule has 4 aromatic rings. The second-order valence-electron chi connectivity index (χ2n) is 8.27. The van der Waals surface area contributed by atoms with Gasteiger partial charge in [0, 0.05) is 18.0 Å². The molecule has 5 rings (SSSR count). The molecule has 1 saturated heterocycles. The molecule has 0 unspecified atom stereocenters. The average Bonchev–Trinajstić information content (AvgIpc) is 3.25. The Morgan fingerprint density at radius 2 is 2.06 bits per heavy atom. The molecule has 4 heterocycles. The Kier molecular flexibility index (Phi) is 5.68. The van der Waals surface area contributed by atoms with Crippen LogP contribution in [0.1, 0.15) is 27.0 Å². The lowest BCUT2D eigenvalue weighted by Crippen LogP contribution is -2.54. The SMILES string of the molecule is Cc1ccc(C(=O)Nc2cncc(C(F)(F)F)c2)cc1OC1CN(c2ncnc3[nH]cc(C#N)c23)C1. The van der Waals surface area contributed by atoms with Gasteiger partial charge in [-0.2, -0.15) is 18.4 Å². The molecule has 0 bridgehead atoms. The first-order valence-electron chi connectivity index (χ1n) is 10.8. The summed E-state index contributed by atoms with van der Waals surface area (Å²) in [7, 11) is 0. The van der Waals surface area contributed by atoms with Crippen molar-refractivity contribution in [2.45, 2.75) is 19.2 Å². The van der Waals surface area contributed by atoms with Gasteiger partial charge in [-0.1, -0.05) is 6.07 Å². The molecule has 1 aliphatic rings. The van der Waals surface area contributed by atoms with Crippen molar-refractivity contribution in [2.24, 2.45) is 0 Å². The quantitative estimate of drug-likeness (QED) is 0.430. The van der Waals surface area contributed by atoms with E-state index in [9.17, 15) is 23.2 Å². The fourth-order valence-corrected chi connectivity index (χ4v) is 3.87. The van der Waals surface area contributed by atoms with E-state index >= 15 is 0 Å². The second kappa shape index (κ2) is 8.84. The number of nitrogens with one attached hydrogen (secondary N) is 2. The lowest BCUT2D eigenvalue weighted by atomic mass is 10.1. The second-order valence-corrected chi connectivity index (χ2v) is 8.27. The van der Waals surface area contributed by atoms with E-state index in [1.54, 1.807) is 24.4 Å². The van der Waals surface area contributed by atoms with Gasteiger partial charge in [-0.3, -0.25) is 9.78 Å². The number of rotatable bonds is 5. The average molecular weight is 493 g/mol. The number of fused-ring (bicyclic) bond motifs is 1. The molecule has 1 amide bonds. The molecule has 1 aromatic carbocycles. The zero-order valence-corrected chi connectivity index (χ0v) is 18.8. The van der Waals surface area contributed by atoms with Crippen molar-refractivity contribution < 1.29 is 22.7 Å². The van der Waals surface area contributed by atoms with Gasteiger partial charge in [-0.05, 0) is 30.7 Å². The Hall–Kier alpha value is -4.66. The maximum atomic E-state index is 12.9. The molecule has 2 N–H and O–H groups in total. The number of hydrogen-bond donors (Lipinski definition) is 2. The maximum absolute atomic E-state index is 12.9. The summed E-state index contributed by atoms with van der Waals surface area (Å²) < 4.78 is 44.9. The van der Waals surface area contributed by atoms with E-state index in [1.807, 2.05) is 11.8 Å². The van der Waals surface area contributed by atoms with Crippen LogP contribution in [0.5, 0.6) is 5.75 Å². The van der Waals surface area contributed by atoms with Gasteiger partial charge in [0.2, 0.25) is 0 Å². The van der Waals surface area contributed by atoms with E-state index in [4.69, 9.17) is 4.74 Å². The first kappa shape index (κ1) is 23.1. The minimum Gasteiger partial charge on any atom is -0.486 e. The number of H-pyrrole nitrogens is 1. The summed E-state index contributed by atoms with van der Waals surface area (Å²) in [6.07, 6.45) is 0.0999. The fraction of sp³-hybridized carbons (Fsp3) is 0.208. The summed E-state index contributed by atoms with van der Waals surface area (Å²) in [5.74, 6) is 0.537. The van der Waals surface area contributed by atoms with Crippen LogP contribution in [0.15, 0.2) is 49.2 Å². The van der Waals surface area contributed by atoms with E-state index in [1.165, 1.54) is 6.33 Å². The lowest BCUT2D eigenvalue weighted by molar-refractivity contribution is -0.137. The van der Waals surface area contributed by atoms with Gasteiger partial charge in [0.1, 0.15) is 35.7 Å². The van der Waals surface area contributed by atoms with Crippen LogP contribution < -0.4 is 15.0 Å². The van der Waals surface area contributed by atoms with Crippen molar-refractivity contribution >= 4 is 28.4 Å². The van der Waals surface area contributed by atoms with E-state index in [0.717, 1.165) is 17.8 Å². The highest BCUT2D eigenvalue weighted by molar-refractivity contribution is 6.04. The number of carbonyl (C=O) groups excluding carboxylic acids is 1. The number of aromatic nitrogens is 4. The van der Waals surface area contributed by atoms with Gasteiger partial charge in [-0.15, -0.1) is 0 Å². The van der Waals surface area contributed by atoms with Gasteiger partial charge in [-0.25, -0.2) is 9.97 Å². The monoisotopic (exact) mass is 493 g/mol. The number of halogens is 3. The van der Waals surface area contributed by atoms with Gasteiger partial charge in [0.25, 0.3) is 5.91 Å². The molecular weight excluding hydrogens is 475 g/mol. The third kappa shape index (κ3) is 4.38. The Morgan fingerprint density at radius 1 is 1.25 bits per heavy atom. The molecule has 0 aliphatic carbocycles. The fourth-order valence-electron chi connectivity index (χ4n) is 3.87. The lowest BCUT2D eigenvalue weighted by Gasteiger charge is -2.40. The Labute approximate surface area is 202 Å². The summed E-state index contributed by atoms with van der Waals surface area (Å²) >= 11 is 0. The number of nitrogens with zero attached hydrogens (tertiary/aromatic N) is 5. The highest BCUT2D eigenvalue weighted by Crippen LogP contribution is 2.32. The van der Waals surface area contributed by atoms with Crippen molar-refractivity contribution in [2.75, 3.05) is 23.3 Å². The topological polar surface area (TPSA) is 120 Å². The summed E-state index contributed by atoms with van der Waals surface area (Å²) in [5.41, 5.74) is 1.04. The van der Waals surface area contributed by atoms with Gasteiger partial charge in [0.15, 0.2) is 0 Å². The normalized spacial score (nSPS) is 13.8. The number of carbonyl (C=O) groups is 1. The zero-order valence-electron chi connectivity index (χ0n) is 18.8. The number of ether oxygens (including phenoxy) is 1. The summed E-state index contributed by atoms with van der Waals surface area (Å²) in [6.45, 7) is 2.85. The summed E-state index contributed by atoms with van der Waals surface area (Å²) in [4.78, 5) is 29.6. The van der Waals surface area contributed by atoms with Crippen LogP contribution in [0.4, 0.5) is 24.7 Å². The number of benzene rings is 1. The Bertz CT molecular complexity index is 1500. The van der Waals surface area contributed by atoms with Crippen LogP contribution in [-0.2, 0) is 6.18 Å². The van der Waals surface area contributed by atoms with Crippen LogP contribution in [0.2, 0.25) is 0 Å². The molecule has 1 aliphatic heterocycles. The van der Waals surface area contributed by atoms with Gasteiger partial charge < -0.3 is 19.9 Å². The summed E-state index contributed by atoms with van der Waals surface area (Å²) in [5, 5.41) is 12.5. The van der Waals surface area contributed by atoms with Crippen molar-refractivity contribution in [3.8, 4) is 11.8 Å². The maximum Gasteiger partial charge on any atom is 0.417 e. The van der Waals surface area contributed by atoms with Crippen molar-refractivity contribution in [3.63, 3.8) is 0 Å². The number of aromatic amines is 1. The van der Waals surface area contributed by atoms with Crippen molar-refractivity contribution in [3.05, 3.63) is 71.4 Å². The number of anilines is 2. The number of pyridine rings is 1. The predicted molar refractivity (Wildman–Crippen MR) is 124 cm³/mol. The Morgan fingerprint density at radius 3 is 2.81 bits per heavy atom. The van der Waals surface area contributed by atoms with E-state index in [-0.39, 0.29) is 17.4 Å². The minimum atomic E-state index is -4.57. The molecule has 0 radical (unpaired) electrons. The molecule has 3 aromatic heterocycles. The first-order chi connectivity index (χ1) is 17.2. The molecular formula is C24H18F3N7O2. The highest BCUT2D eigenvalue weighted by Gasteiger charge is 2.33. The third-order valence-electron chi connectivity index (χ3n) is 5.79. The molecule has 12 heteroatoms. The van der Waals surface area contributed by atoms with Gasteiger partial charge >= 0.3 is 6.18 Å².